The summed E-state index contributed by atoms with van der Waals surface area (Å²) in [6.07, 6.45) is -2.63. The Labute approximate surface area is 154 Å². The second-order valence-corrected chi connectivity index (χ2v) is 6.16. The first-order valence-corrected chi connectivity index (χ1v) is 8.38. The zero-order valence-corrected chi connectivity index (χ0v) is 14.9. The average Bonchev–Trinajstić information content (AvgIpc) is 3.05. The van der Waals surface area contributed by atoms with Crippen LogP contribution >= 0.6 is 0 Å². The lowest BCUT2D eigenvalue weighted by Crippen LogP contribution is -2.25. The highest BCUT2D eigenvalue weighted by Crippen LogP contribution is 2.42. The number of ether oxygens (including phenoxy) is 2. The molecule has 1 aromatic carbocycles. The number of halogens is 2. The zero-order valence-electron chi connectivity index (χ0n) is 14.9. The van der Waals surface area contributed by atoms with E-state index >= 15 is 0 Å². The molecule has 2 aromatic rings. The van der Waals surface area contributed by atoms with Gasteiger partial charge in [-0.25, -0.2) is 0 Å². The monoisotopic (exact) mass is 376 g/mol. The number of carbonyl (C=O) groups is 1. The van der Waals surface area contributed by atoms with Crippen molar-refractivity contribution < 1.29 is 23.0 Å². The molecule has 1 amide bonds. The molecule has 9 heteroatoms. The predicted octanol–water partition coefficient (Wildman–Crippen LogP) is 3.31. The Bertz CT molecular complexity index is 918. The Morgan fingerprint density at radius 3 is 2.81 bits per heavy atom. The number of benzene rings is 1. The van der Waals surface area contributed by atoms with Crippen LogP contribution in [0.4, 0.5) is 14.5 Å². The molecule has 0 bridgehead atoms. The summed E-state index contributed by atoms with van der Waals surface area (Å²) in [5, 5.41) is 15.8. The highest BCUT2D eigenvalue weighted by atomic mass is 19.3. The van der Waals surface area contributed by atoms with Gasteiger partial charge < -0.3 is 14.8 Å². The number of fused-ring (bicyclic) bond motifs is 1. The third-order valence-electron chi connectivity index (χ3n) is 4.25. The Balaban J connectivity index is 1.60. The summed E-state index contributed by atoms with van der Waals surface area (Å²) in [7, 11) is 0. The molecule has 3 rings (SSSR count). The van der Waals surface area contributed by atoms with Crippen molar-refractivity contribution in [2.75, 3.05) is 5.32 Å². The standard InChI is InChI=1S/C18H18F2N4O3/c1-11-14(12(2)24(23-11)9-3-8-21)5-7-17(25)22-13-4-6-15-16(10-13)27-18(19,20)26-15/h4,6,10H,3,5,7,9H2,1-2H3,(H,22,25). The smallest absolute Gasteiger partial charge is 0.395 e. The molecule has 0 radical (unpaired) electrons. The summed E-state index contributed by atoms with van der Waals surface area (Å²) in [4.78, 5) is 12.2. The molecule has 0 atom stereocenters. The van der Waals surface area contributed by atoms with Crippen LogP contribution in [0.1, 0.15) is 29.8 Å². The lowest BCUT2D eigenvalue weighted by molar-refractivity contribution is -0.286. The first-order valence-electron chi connectivity index (χ1n) is 8.38. The summed E-state index contributed by atoms with van der Waals surface area (Å²) in [5.74, 6) is -0.457. The summed E-state index contributed by atoms with van der Waals surface area (Å²) in [6.45, 7) is 4.28. The number of hydrogen-bond donors (Lipinski definition) is 1. The van der Waals surface area contributed by atoms with Gasteiger partial charge in [0.15, 0.2) is 11.5 Å². The number of hydrogen-bond acceptors (Lipinski definition) is 5. The molecule has 0 fully saturated rings. The number of carbonyl (C=O) groups excluding carboxylic acids is 1. The van der Waals surface area contributed by atoms with E-state index in [4.69, 9.17) is 5.26 Å². The fraction of sp³-hybridized carbons (Fsp3) is 0.389. The van der Waals surface area contributed by atoms with E-state index in [1.807, 2.05) is 13.8 Å². The van der Waals surface area contributed by atoms with Gasteiger partial charge in [0.05, 0.1) is 24.7 Å². The Kier molecular flexibility index (Phi) is 4.99. The van der Waals surface area contributed by atoms with Crippen molar-refractivity contribution in [2.45, 2.75) is 45.9 Å². The molecule has 0 aliphatic carbocycles. The molecule has 1 aliphatic heterocycles. The van der Waals surface area contributed by atoms with Crippen molar-refractivity contribution >= 4 is 11.6 Å². The van der Waals surface area contributed by atoms with E-state index in [0.29, 0.717) is 25.1 Å². The summed E-state index contributed by atoms with van der Waals surface area (Å²) in [6, 6.07) is 6.17. The molecular weight excluding hydrogens is 358 g/mol. The molecule has 1 aliphatic rings. The van der Waals surface area contributed by atoms with E-state index in [-0.39, 0.29) is 23.8 Å². The number of nitrogens with one attached hydrogen (secondary N) is 1. The largest absolute Gasteiger partial charge is 0.586 e. The van der Waals surface area contributed by atoms with Gasteiger partial charge in [0.25, 0.3) is 0 Å². The minimum atomic E-state index is -3.69. The molecule has 0 unspecified atom stereocenters. The third kappa shape index (κ3) is 4.16. The minimum absolute atomic E-state index is 0.0750. The van der Waals surface area contributed by atoms with Gasteiger partial charge >= 0.3 is 6.29 Å². The minimum Gasteiger partial charge on any atom is -0.395 e. The zero-order chi connectivity index (χ0) is 19.6. The van der Waals surface area contributed by atoms with Gasteiger partial charge in [-0.2, -0.15) is 10.4 Å². The first kappa shape index (κ1) is 18.6. The lowest BCUT2D eigenvalue weighted by Gasteiger charge is -2.07. The van der Waals surface area contributed by atoms with Crippen LogP contribution < -0.4 is 14.8 Å². The maximum absolute atomic E-state index is 13.0. The molecular formula is C18H18F2N4O3. The van der Waals surface area contributed by atoms with Gasteiger partial charge in [-0.15, -0.1) is 8.78 Å². The Hall–Kier alpha value is -3.15. The van der Waals surface area contributed by atoms with Crippen LogP contribution in [-0.4, -0.2) is 22.0 Å². The van der Waals surface area contributed by atoms with Gasteiger partial charge in [0.1, 0.15) is 0 Å². The number of aromatic nitrogens is 2. The molecule has 0 spiro atoms. The van der Waals surface area contributed by atoms with Crippen LogP contribution in [0.2, 0.25) is 0 Å². The predicted molar refractivity (Wildman–Crippen MR) is 91.5 cm³/mol. The van der Waals surface area contributed by atoms with Gasteiger partial charge in [-0.1, -0.05) is 0 Å². The highest BCUT2D eigenvalue weighted by molar-refractivity contribution is 5.91. The van der Waals surface area contributed by atoms with E-state index in [1.54, 1.807) is 4.68 Å². The van der Waals surface area contributed by atoms with E-state index in [2.05, 4.69) is 26.0 Å². The first-order chi connectivity index (χ1) is 12.8. The molecule has 1 aromatic heterocycles. The summed E-state index contributed by atoms with van der Waals surface area (Å²) >= 11 is 0. The molecule has 1 N–H and O–H groups in total. The molecule has 27 heavy (non-hydrogen) atoms. The molecule has 0 saturated carbocycles. The van der Waals surface area contributed by atoms with Crippen LogP contribution in [0.3, 0.4) is 0 Å². The summed E-state index contributed by atoms with van der Waals surface area (Å²) < 4.78 is 36.5. The average molecular weight is 376 g/mol. The highest BCUT2D eigenvalue weighted by Gasteiger charge is 2.43. The second kappa shape index (κ2) is 7.23. The van der Waals surface area contributed by atoms with Crippen LogP contribution in [-0.2, 0) is 17.8 Å². The number of anilines is 1. The normalized spacial score (nSPS) is 14.0. The molecule has 0 saturated heterocycles. The number of alkyl halides is 2. The van der Waals surface area contributed by atoms with Gasteiger partial charge in [0, 0.05) is 23.9 Å². The van der Waals surface area contributed by atoms with Crippen LogP contribution in [0.5, 0.6) is 11.5 Å². The van der Waals surface area contributed by atoms with Crippen molar-refractivity contribution in [1.29, 1.82) is 5.26 Å². The van der Waals surface area contributed by atoms with E-state index in [9.17, 15) is 13.6 Å². The fourth-order valence-electron chi connectivity index (χ4n) is 2.96. The third-order valence-corrected chi connectivity index (χ3v) is 4.25. The molecule has 7 nitrogen and oxygen atoms in total. The fourth-order valence-corrected chi connectivity index (χ4v) is 2.96. The number of rotatable bonds is 6. The van der Waals surface area contributed by atoms with Gasteiger partial charge in [-0.05, 0) is 38.0 Å². The second-order valence-electron chi connectivity index (χ2n) is 6.16. The Morgan fingerprint density at radius 2 is 2.07 bits per heavy atom. The summed E-state index contributed by atoms with van der Waals surface area (Å²) in [5.41, 5.74) is 3.07. The maximum Gasteiger partial charge on any atom is 0.586 e. The van der Waals surface area contributed by atoms with Crippen molar-refractivity contribution in [1.82, 2.24) is 9.78 Å². The molecule has 2 heterocycles. The van der Waals surface area contributed by atoms with E-state index in [0.717, 1.165) is 17.0 Å². The maximum atomic E-state index is 13.0. The number of nitrogens with zero attached hydrogens (tertiary/aromatic N) is 3. The number of amides is 1. The van der Waals surface area contributed by atoms with E-state index in [1.165, 1.54) is 18.2 Å². The van der Waals surface area contributed by atoms with Crippen molar-refractivity contribution in [3.63, 3.8) is 0 Å². The van der Waals surface area contributed by atoms with Crippen LogP contribution in [0.25, 0.3) is 0 Å². The Morgan fingerprint density at radius 1 is 1.33 bits per heavy atom. The number of aryl methyl sites for hydroxylation is 2. The van der Waals surface area contributed by atoms with Crippen molar-refractivity contribution in [3.05, 3.63) is 35.2 Å². The van der Waals surface area contributed by atoms with Crippen LogP contribution in [0.15, 0.2) is 18.2 Å². The van der Waals surface area contributed by atoms with Crippen molar-refractivity contribution in [3.8, 4) is 17.6 Å². The number of nitriles is 1. The topological polar surface area (TPSA) is 89.2 Å². The molecule has 142 valence electrons. The lowest BCUT2D eigenvalue weighted by atomic mass is 10.1. The quantitative estimate of drug-likeness (QED) is 0.836. The SMILES string of the molecule is Cc1nn(CCC#N)c(C)c1CCC(=O)Nc1ccc2c(c1)OC(F)(F)O2. The van der Waals surface area contributed by atoms with Gasteiger partial charge in [0.2, 0.25) is 5.91 Å². The van der Waals surface area contributed by atoms with E-state index < -0.39 is 6.29 Å². The van der Waals surface area contributed by atoms with Crippen molar-refractivity contribution in [2.24, 2.45) is 0 Å². The van der Waals surface area contributed by atoms with Gasteiger partial charge in [-0.3, -0.25) is 9.48 Å². The van der Waals surface area contributed by atoms with Crippen LogP contribution in [0, 0.1) is 25.2 Å².